The fraction of sp³-hybridized carbons (Fsp3) is 0.0192. The molecular formula is C52H32N4OS. The normalized spacial score (nSPS) is 14.4. The number of hydrogen-bond acceptors (Lipinski definition) is 6. The molecule has 0 aliphatic carbocycles. The van der Waals surface area contributed by atoms with Gasteiger partial charge in [0.1, 0.15) is 22.8 Å². The van der Waals surface area contributed by atoms with Crippen molar-refractivity contribution in [3.63, 3.8) is 0 Å². The molecule has 58 heavy (non-hydrogen) atoms. The monoisotopic (exact) mass is 760 g/mol. The van der Waals surface area contributed by atoms with Gasteiger partial charge in [-0.15, -0.1) is 11.3 Å². The molecule has 1 unspecified atom stereocenters. The van der Waals surface area contributed by atoms with Gasteiger partial charge in [-0.1, -0.05) is 158 Å². The Morgan fingerprint density at radius 3 is 1.93 bits per heavy atom. The Kier molecular flexibility index (Phi) is 7.40. The maximum atomic E-state index is 6.35. The van der Waals surface area contributed by atoms with Gasteiger partial charge in [-0.05, 0) is 35.4 Å². The van der Waals surface area contributed by atoms with Crippen molar-refractivity contribution in [2.75, 3.05) is 0 Å². The standard InChI is InChI=1S/C52H32N4OS/c1-3-13-31(14-4-1)32-25-27-34(28-26-32)50-54-51(39-20-12-23-42-45(39)35-17-7-9-22-41(35)57-42)56-52(55-50)40-21-11-19-37-46-38(48(53-49(37)40)33-15-5-2-6-16-33)29-30-44-47(46)36-18-8-10-24-43(36)58-44/h1-30,52H,(H,54,55,56). The molecule has 1 aliphatic heterocycles. The highest BCUT2D eigenvalue weighted by atomic mass is 32.1. The van der Waals surface area contributed by atoms with Gasteiger partial charge in [0.2, 0.25) is 0 Å². The minimum Gasteiger partial charge on any atom is -0.456 e. The van der Waals surface area contributed by atoms with Gasteiger partial charge in [0.05, 0.1) is 11.2 Å². The molecular weight excluding hydrogens is 729 g/mol. The van der Waals surface area contributed by atoms with Crippen molar-refractivity contribution >= 4 is 86.8 Å². The highest BCUT2D eigenvalue weighted by Crippen LogP contribution is 2.45. The molecule has 0 fully saturated rings. The summed E-state index contributed by atoms with van der Waals surface area (Å²) in [6.45, 7) is 0. The van der Waals surface area contributed by atoms with Crippen molar-refractivity contribution < 1.29 is 4.42 Å². The van der Waals surface area contributed by atoms with Crippen LogP contribution in [0.15, 0.2) is 196 Å². The average Bonchev–Trinajstić information content (AvgIpc) is 3.88. The lowest BCUT2D eigenvalue weighted by Crippen LogP contribution is -2.36. The molecule has 6 heteroatoms. The third kappa shape index (κ3) is 5.19. The molecule has 272 valence electrons. The van der Waals surface area contributed by atoms with Crippen LogP contribution in [-0.4, -0.2) is 16.7 Å². The van der Waals surface area contributed by atoms with Crippen LogP contribution in [0.4, 0.5) is 0 Å². The summed E-state index contributed by atoms with van der Waals surface area (Å²) < 4.78 is 8.88. The van der Waals surface area contributed by atoms with Gasteiger partial charge in [0.25, 0.3) is 0 Å². The fourth-order valence-corrected chi connectivity index (χ4v) is 9.79. The molecule has 1 aliphatic rings. The predicted octanol–water partition coefficient (Wildman–Crippen LogP) is 13.5. The number of nitrogens with zero attached hydrogens (tertiary/aromatic N) is 3. The number of aliphatic imine (C=N–C) groups is 2. The lowest BCUT2D eigenvalue weighted by molar-refractivity contribution is 0.669. The number of benzene rings is 8. The maximum Gasteiger partial charge on any atom is 0.171 e. The Labute approximate surface area is 337 Å². The molecule has 0 bridgehead atoms. The smallest absolute Gasteiger partial charge is 0.171 e. The number of pyridine rings is 1. The molecule has 12 rings (SSSR count). The summed E-state index contributed by atoms with van der Waals surface area (Å²) in [7, 11) is 0. The van der Waals surface area contributed by atoms with Crippen molar-refractivity contribution in [2.45, 2.75) is 6.17 Å². The lowest BCUT2D eigenvalue weighted by atomic mass is 9.94. The van der Waals surface area contributed by atoms with Crippen molar-refractivity contribution in [1.29, 1.82) is 0 Å². The summed E-state index contributed by atoms with van der Waals surface area (Å²) in [6, 6.07) is 63.7. The highest BCUT2D eigenvalue weighted by molar-refractivity contribution is 7.26. The number of amidine groups is 2. The average molecular weight is 761 g/mol. The number of aromatic nitrogens is 1. The fourth-order valence-electron chi connectivity index (χ4n) is 8.67. The van der Waals surface area contributed by atoms with Gasteiger partial charge in [-0.2, -0.15) is 0 Å². The second kappa shape index (κ2) is 13.1. The van der Waals surface area contributed by atoms with Gasteiger partial charge >= 0.3 is 0 Å². The predicted molar refractivity (Wildman–Crippen MR) is 242 cm³/mol. The molecule has 4 heterocycles. The van der Waals surface area contributed by atoms with Crippen molar-refractivity contribution in [2.24, 2.45) is 9.98 Å². The van der Waals surface area contributed by atoms with Crippen LogP contribution >= 0.6 is 11.3 Å². The van der Waals surface area contributed by atoms with E-state index >= 15 is 0 Å². The molecule has 0 radical (unpaired) electrons. The molecule has 3 aromatic heterocycles. The Bertz CT molecular complexity index is 3470. The Balaban J connectivity index is 1.12. The zero-order chi connectivity index (χ0) is 38.2. The number of furan rings is 1. The summed E-state index contributed by atoms with van der Waals surface area (Å²) in [6.07, 6.45) is -0.593. The molecule has 1 N–H and O–H groups in total. The van der Waals surface area contributed by atoms with E-state index in [0.717, 1.165) is 83.4 Å². The van der Waals surface area contributed by atoms with Gasteiger partial charge in [-0.3, -0.25) is 0 Å². The van der Waals surface area contributed by atoms with Crippen LogP contribution in [0.3, 0.4) is 0 Å². The Hall–Kier alpha value is -7.41. The topological polar surface area (TPSA) is 62.8 Å². The summed E-state index contributed by atoms with van der Waals surface area (Å²) in [5, 5.41) is 11.7. The number of fused-ring (bicyclic) bond motifs is 10. The van der Waals surface area contributed by atoms with Crippen LogP contribution in [0.5, 0.6) is 0 Å². The van der Waals surface area contributed by atoms with Gasteiger partial charge in [0, 0.05) is 69.4 Å². The van der Waals surface area contributed by atoms with E-state index in [2.05, 4.69) is 157 Å². The van der Waals surface area contributed by atoms with E-state index in [1.807, 2.05) is 41.7 Å². The van der Waals surface area contributed by atoms with Crippen LogP contribution < -0.4 is 5.32 Å². The summed E-state index contributed by atoms with van der Waals surface area (Å²) in [4.78, 5) is 16.5. The van der Waals surface area contributed by atoms with Gasteiger partial charge < -0.3 is 9.73 Å². The van der Waals surface area contributed by atoms with E-state index in [-0.39, 0.29) is 0 Å². The second-order valence-electron chi connectivity index (χ2n) is 14.7. The van der Waals surface area contributed by atoms with Gasteiger partial charge in [0.15, 0.2) is 6.17 Å². The maximum absolute atomic E-state index is 6.35. The molecule has 0 amide bonds. The summed E-state index contributed by atoms with van der Waals surface area (Å²) in [5.41, 5.74) is 9.74. The molecule has 11 aromatic rings. The number of hydrogen-bond donors (Lipinski definition) is 1. The number of rotatable bonds is 5. The quantitative estimate of drug-likeness (QED) is 0.178. The first-order valence-corrected chi connectivity index (χ1v) is 20.3. The molecule has 1 atom stereocenters. The third-order valence-electron chi connectivity index (χ3n) is 11.3. The first kappa shape index (κ1) is 32.8. The third-order valence-corrected chi connectivity index (χ3v) is 12.5. The van der Waals surface area contributed by atoms with Crippen LogP contribution in [0.25, 0.3) is 86.2 Å². The Morgan fingerprint density at radius 1 is 0.431 bits per heavy atom. The molecule has 5 nitrogen and oxygen atoms in total. The van der Waals surface area contributed by atoms with E-state index < -0.39 is 6.17 Å². The number of nitrogens with one attached hydrogen (secondary N) is 1. The summed E-state index contributed by atoms with van der Waals surface area (Å²) in [5.74, 6) is 1.47. The van der Waals surface area contributed by atoms with Crippen LogP contribution in [0.2, 0.25) is 0 Å². The minimum absolute atomic E-state index is 0.593. The van der Waals surface area contributed by atoms with Crippen molar-refractivity contribution in [3.8, 4) is 22.4 Å². The minimum atomic E-state index is -0.593. The first-order valence-electron chi connectivity index (χ1n) is 19.5. The summed E-state index contributed by atoms with van der Waals surface area (Å²) >= 11 is 1.84. The Morgan fingerprint density at radius 2 is 1.09 bits per heavy atom. The lowest BCUT2D eigenvalue weighted by Gasteiger charge is -2.24. The number of para-hydroxylation sites is 2. The van der Waals surface area contributed by atoms with E-state index in [1.54, 1.807) is 0 Å². The number of thiophene rings is 1. The van der Waals surface area contributed by atoms with E-state index in [4.69, 9.17) is 19.4 Å². The van der Waals surface area contributed by atoms with Crippen molar-refractivity contribution in [1.82, 2.24) is 10.3 Å². The van der Waals surface area contributed by atoms with Gasteiger partial charge in [-0.25, -0.2) is 15.0 Å². The molecule has 0 saturated heterocycles. The van der Waals surface area contributed by atoms with E-state index in [1.165, 1.54) is 31.1 Å². The van der Waals surface area contributed by atoms with E-state index in [9.17, 15) is 0 Å². The molecule has 0 spiro atoms. The molecule has 0 saturated carbocycles. The van der Waals surface area contributed by atoms with Crippen LogP contribution in [0, 0.1) is 0 Å². The zero-order valence-electron chi connectivity index (χ0n) is 31.1. The second-order valence-corrected chi connectivity index (χ2v) is 15.8. The SMILES string of the molecule is c1ccc(-c2ccc(C3=NC(c4cccc5c4nc(-c4ccccc4)c4ccc6sc7ccccc7c6c45)N=C(c4cccc5oc6ccccc6c45)N3)cc2)cc1. The highest BCUT2D eigenvalue weighted by Gasteiger charge is 2.26. The van der Waals surface area contributed by atoms with Crippen LogP contribution in [-0.2, 0) is 0 Å². The van der Waals surface area contributed by atoms with Crippen LogP contribution in [0.1, 0.15) is 22.9 Å². The van der Waals surface area contributed by atoms with Crippen molar-refractivity contribution in [3.05, 3.63) is 199 Å². The molecule has 8 aromatic carbocycles. The zero-order valence-corrected chi connectivity index (χ0v) is 31.9. The van der Waals surface area contributed by atoms with E-state index in [0.29, 0.717) is 0 Å². The first-order chi connectivity index (χ1) is 28.7. The largest absolute Gasteiger partial charge is 0.456 e.